The van der Waals surface area contributed by atoms with Crippen molar-refractivity contribution in [2.75, 3.05) is 10.2 Å². The minimum atomic E-state index is 0.470. The summed E-state index contributed by atoms with van der Waals surface area (Å²) in [4.78, 5) is 2.65. The van der Waals surface area contributed by atoms with Crippen LogP contribution >= 0.6 is 0 Å². The Balaban J connectivity index is 1.28. The Morgan fingerprint density at radius 2 is 1.78 bits per heavy atom. The van der Waals surface area contributed by atoms with Crippen molar-refractivity contribution in [2.45, 2.75) is 50.5 Å². The number of anilines is 2. The van der Waals surface area contributed by atoms with E-state index < -0.39 is 0 Å². The van der Waals surface area contributed by atoms with Crippen LogP contribution in [0.4, 0.5) is 11.4 Å². The van der Waals surface area contributed by atoms with E-state index in [1.54, 1.807) is 0 Å². The quantitative estimate of drug-likeness (QED) is 0.547. The SMILES string of the molecule is C1=CCCC(N2c3ccccc3C3C=C(c4ccc(NC5=CCCC=C5)cc4)CCC32)=C1. The first-order valence-corrected chi connectivity index (χ1v) is 12.1. The van der Waals surface area contributed by atoms with Gasteiger partial charge < -0.3 is 10.2 Å². The molecule has 0 fully saturated rings. The number of benzene rings is 2. The van der Waals surface area contributed by atoms with Gasteiger partial charge in [0, 0.05) is 34.7 Å². The molecule has 32 heavy (non-hydrogen) atoms. The smallest absolute Gasteiger partial charge is 0.0450 e. The van der Waals surface area contributed by atoms with Gasteiger partial charge in [-0.2, -0.15) is 0 Å². The molecule has 2 heteroatoms. The summed E-state index contributed by atoms with van der Waals surface area (Å²) in [6.07, 6.45) is 23.0. The van der Waals surface area contributed by atoms with Crippen LogP contribution in [-0.2, 0) is 0 Å². The highest BCUT2D eigenvalue weighted by Gasteiger charge is 2.40. The molecule has 0 aromatic heterocycles. The van der Waals surface area contributed by atoms with Crippen LogP contribution in [0.3, 0.4) is 0 Å². The Morgan fingerprint density at radius 1 is 0.875 bits per heavy atom. The number of nitrogens with one attached hydrogen (secondary N) is 1. The van der Waals surface area contributed by atoms with Crippen molar-refractivity contribution in [1.82, 2.24) is 0 Å². The Morgan fingerprint density at radius 3 is 2.59 bits per heavy atom. The largest absolute Gasteiger partial charge is 0.356 e. The van der Waals surface area contributed by atoms with Gasteiger partial charge in [-0.25, -0.2) is 0 Å². The summed E-state index contributed by atoms with van der Waals surface area (Å²) in [7, 11) is 0. The molecule has 0 bridgehead atoms. The van der Waals surface area contributed by atoms with E-state index in [0.717, 1.165) is 37.8 Å². The normalized spacial score (nSPS) is 23.8. The zero-order valence-corrected chi connectivity index (χ0v) is 18.5. The Kier molecular flexibility index (Phi) is 5.07. The van der Waals surface area contributed by atoms with Crippen molar-refractivity contribution in [2.24, 2.45) is 0 Å². The van der Waals surface area contributed by atoms with E-state index in [0.29, 0.717) is 12.0 Å². The summed E-state index contributed by atoms with van der Waals surface area (Å²) in [6, 6.07) is 18.6. The van der Waals surface area contributed by atoms with Gasteiger partial charge in [0.05, 0.1) is 0 Å². The molecule has 1 N–H and O–H groups in total. The fourth-order valence-electron chi connectivity index (χ4n) is 5.69. The molecule has 0 amide bonds. The molecule has 2 atom stereocenters. The topological polar surface area (TPSA) is 15.3 Å². The van der Waals surface area contributed by atoms with E-state index >= 15 is 0 Å². The zero-order chi connectivity index (χ0) is 21.3. The van der Waals surface area contributed by atoms with Gasteiger partial charge in [0.1, 0.15) is 0 Å². The first-order valence-electron chi connectivity index (χ1n) is 12.1. The molecular formula is C30H30N2. The molecule has 2 aromatic rings. The first kappa shape index (κ1) is 19.4. The summed E-state index contributed by atoms with van der Waals surface area (Å²) >= 11 is 0. The van der Waals surface area contributed by atoms with E-state index in [9.17, 15) is 0 Å². The van der Waals surface area contributed by atoms with Crippen LogP contribution in [0, 0.1) is 0 Å². The Labute approximate surface area is 191 Å². The molecule has 2 aromatic carbocycles. The lowest BCUT2D eigenvalue weighted by Gasteiger charge is -2.35. The van der Waals surface area contributed by atoms with Gasteiger partial charge in [0.15, 0.2) is 0 Å². The zero-order valence-electron chi connectivity index (χ0n) is 18.5. The highest BCUT2D eigenvalue weighted by atomic mass is 15.2. The highest BCUT2D eigenvalue weighted by Crippen LogP contribution is 2.50. The number of nitrogens with zero attached hydrogens (tertiary/aromatic N) is 1. The Bertz CT molecular complexity index is 1160. The lowest BCUT2D eigenvalue weighted by Crippen LogP contribution is -2.35. The minimum Gasteiger partial charge on any atom is -0.356 e. The third-order valence-corrected chi connectivity index (χ3v) is 7.23. The lowest BCUT2D eigenvalue weighted by atomic mass is 9.81. The maximum atomic E-state index is 3.54. The second-order valence-corrected chi connectivity index (χ2v) is 9.22. The van der Waals surface area contributed by atoms with Gasteiger partial charge in [0.25, 0.3) is 0 Å². The maximum Gasteiger partial charge on any atom is 0.0450 e. The molecule has 160 valence electrons. The molecule has 1 heterocycles. The molecule has 2 nitrogen and oxygen atoms in total. The number of fused-ring (bicyclic) bond motifs is 3. The second-order valence-electron chi connectivity index (χ2n) is 9.22. The molecule has 0 radical (unpaired) electrons. The number of hydrogen-bond acceptors (Lipinski definition) is 2. The molecule has 0 saturated carbocycles. The van der Waals surface area contributed by atoms with Gasteiger partial charge in [0.2, 0.25) is 0 Å². The van der Waals surface area contributed by atoms with Crippen LogP contribution in [-0.4, -0.2) is 6.04 Å². The number of rotatable bonds is 4. The highest BCUT2D eigenvalue weighted by molar-refractivity contribution is 5.75. The number of allylic oxidation sites excluding steroid dienone is 8. The van der Waals surface area contributed by atoms with Crippen LogP contribution in [0.2, 0.25) is 0 Å². The van der Waals surface area contributed by atoms with Crippen LogP contribution in [0.25, 0.3) is 5.57 Å². The summed E-state index contributed by atoms with van der Waals surface area (Å²) < 4.78 is 0. The van der Waals surface area contributed by atoms with Crippen molar-refractivity contribution in [1.29, 1.82) is 0 Å². The first-order chi connectivity index (χ1) is 15.9. The van der Waals surface area contributed by atoms with Crippen LogP contribution in [0.15, 0.2) is 102 Å². The molecule has 1 aliphatic heterocycles. The molecule has 0 saturated heterocycles. The second kappa shape index (κ2) is 8.35. The van der Waals surface area contributed by atoms with Crippen molar-refractivity contribution in [3.8, 4) is 0 Å². The van der Waals surface area contributed by atoms with Crippen LogP contribution in [0.5, 0.6) is 0 Å². The van der Waals surface area contributed by atoms with Gasteiger partial charge in [-0.15, -0.1) is 0 Å². The van der Waals surface area contributed by atoms with Gasteiger partial charge in [-0.05, 0) is 85.6 Å². The maximum absolute atomic E-state index is 3.54. The Hall–Kier alpha value is -3.26. The molecule has 4 aliphatic rings. The predicted octanol–water partition coefficient (Wildman–Crippen LogP) is 7.72. The van der Waals surface area contributed by atoms with E-state index in [4.69, 9.17) is 0 Å². The minimum absolute atomic E-state index is 0.470. The predicted molar refractivity (Wildman–Crippen MR) is 136 cm³/mol. The molecule has 3 aliphatic carbocycles. The molecule has 0 spiro atoms. The van der Waals surface area contributed by atoms with Crippen molar-refractivity contribution in [3.63, 3.8) is 0 Å². The third kappa shape index (κ3) is 3.54. The standard InChI is InChI=1S/C30H30N2/c1-3-9-24(10-4-1)31-25-18-15-22(16-19-25)23-17-20-30-28(21-23)27-13-7-8-14-29(27)32(30)26-11-5-2-6-12-26/h2-3,5,7-11,13-16,18-19,21,28,30-31H,1,4,6,12,17,20H2. The summed E-state index contributed by atoms with van der Waals surface area (Å²) in [5.41, 5.74) is 9.59. The van der Waals surface area contributed by atoms with E-state index in [-0.39, 0.29) is 0 Å². The lowest BCUT2D eigenvalue weighted by molar-refractivity contribution is 0.552. The van der Waals surface area contributed by atoms with Gasteiger partial charge >= 0.3 is 0 Å². The summed E-state index contributed by atoms with van der Waals surface area (Å²) in [5.74, 6) is 0.470. The average molecular weight is 419 g/mol. The third-order valence-electron chi connectivity index (χ3n) is 7.23. The fraction of sp³-hybridized carbons (Fsp3) is 0.267. The van der Waals surface area contributed by atoms with E-state index in [1.165, 1.54) is 40.2 Å². The summed E-state index contributed by atoms with van der Waals surface area (Å²) in [5, 5.41) is 3.54. The number of para-hydroxylation sites is 1. The van der Waals surface area contributed by atoms with Crippen LogP contribution < -0.4 is 10.2 Å². The molecule has 2 unspecified atom stereocenters. The number of hydrogen-bond donors (Lipinski definition) is 1. The van der Waals surface area contributed by atoms with Crippen molar-refractivity contribution in [3.05, 3.63) is 114 Å². The van der Waals surface area contributed by atoms with E-state index in [2.05, 4.69) is 101 Å². The average Bonchev–Trinajstić information content (AvgIpc) is 3.19. The van der Waals surface area contributed by atoms with Crippen molar-refractivity contribution >= 4 is 16.9 Å². The molecule has 6 rings (SSSR count). The van der Waals surface area contributed by atoms with Crippen LogP contribution in [0.1, 0.15) is 55.6 Å². The van der Waals surface area contributed by atoms with Gasteiger partial charge in [-0.1, -0.05) is 60.7 Å². The van der Waals surface area contributed by atoms with E-state index in [1.807, 2.05) is 0 Å². The monoisotopic (exact) mass is 418 g/mol. The van der Waals surface area contributed by atoms with Crippen molar-refractivity contribution < 1.29 is 0 Å². The summed E-state index contributed by atoms with van der Waals surface area (Å²) in [6.45, 7) is 0. The van der Waals surface area contributed by atoms with Gasteiger partial charge in [-0.3, -0.25) is 0 Å². The fourth-order valence-corrected chi connectivity index (χ4v) is 5.69. The molecular weight excluding hydrogens is 388 g/mol.